The van der Waals surface area contributed by atoms with Crippen molar-refractivity contribution in [3.63, 3.8) is 0 Å². The van der Waals surface area contributed by atoms with E-state index in [2.05, 4.69) is 10.1 Å². The number of hydrogen-bond acceptors (Lipinski definition) is 4. The van der Waals surface area contributed by atoms with E-state index in [4.69, 9.17) is 0 Å². The van der Waals surface area contributed by atoms with Gasteiger partial charge in [-0.3, -0.25) is 4.79 Å². The zero-order valence-corrected chi connectivity index (χ0v) is 15.4. The van der Waals surface area contributed by atoms with Crippen molar-refractivity contribution in [1.29, 1.82) is 0 Å². The molecule has 1 saturated heterocycles. The Morgan fingerprint density at radius 1 is 0.966 bits per heavy atom. The molecule has 0 radical (unpaired) electrons. The molecule has 0 saturated carbocycles. The second-order valence-electron chi connectivity index (χ2n) is 6.65. The molecule has 1 aromatic carbocycles. The lowest BCUT2D eigenvalue weighted by Gasteiger charge is -2.37. The van der Waals surface area contributed by atoms with E-state index in [0.717, 1.165) is 6.07 Å². The first-order valence-electron chi connectivity index (χ1n) is 9.10. The zero-order valence-electron chi connectivity index (χ0n) is 15.4. The van der Waals surface area contributed by atoms with Crippen molar-refractivity contribution in [2.75, 3.05) is 31.1 Å². The van der Waals surface area contributed by atoms with Crippen LogP contribution in [0.2, 0.25) is 0 Å². The number of piperazine rings is 1. The standard InChI is InChI=1S/C20H18F3N5O/c21-20(22,23)16-4-1-2-5-17(16)26-10-12-27(13-11-26)19(29)15-6-7-18(24-14-15)28-9-3-8-25-28/h1-9,14H,10-13H2. The average molecular weight is 401 g/mol. The molecule has 150 valence electrons. The number of benzene rings is 1. The van der Waals surface area contributed by atoms with Crippen molar-refractivity contribution in [3.05, 3.63) is 72.2 Å². The van der Waals surface area contributed by atoms with Crippen LogP contribution in [0.4, 0.5) is 18.9 Å². The van der Waals surface area contributed by atoms with Crippen molar-refractivity contribution in [3.8, 4) is 5.82 Å². The highest BCUT2D eigenvalue weighted by Crippen LogP contribution is 2.36. The fraction of sp³-hybridized carbons (Fsp3) is 0.250. The Balaban J connectivity index is 1.43. The first kappa shape index (κ1) is 19.0. The van der Waals surface area contributed by atoms with Crippen molar-refractivity contribution >= 4 is 11.6 Å². The molecule has 9 heteroatoms. The predicted molar refractivity (Wildman–Crippen MR) is 101 cm³/mol. The lowest BCUT2D eigenvalue weighted by atomic mass is 10.1. The average Bonchev–Trinajstić information content (AvgIpc) is 3.28. The van der Waals surface area contributed by atoms with Crippen molar-refractivity contribution in [2.45, 2.75) is 6.18 Å². The van der Waals surface area contributed by atoms with Gasteiger partial charge in [-0.15, -0.1) is 0 Å². The summed E-state index contributed by atoms with van der Waals surface area (Å²) in [5.41, 5.74) is -0.0689. The van der Waals surface area contributed by atoms with Crippen molar-refractivity contribution < 1.29 is 18.0 Å². The number of aromatic nitrogens is 3. The molecule has 3 aromatic rings. The minimum absolute atomic E-state index is 0.150. The molecule has 4 rings (SSSR count). The van der Waals surface area contributed by atoms with Crippen LogP contribution >= 0.6 is 0 Å². The van der Waals surface area contributed by atoms with Crippen LogP contribution in [0.15, 0.2) is 61.1 Å². The number of alkyl halides is 3. The number of pyridine rings is 1. The van der Waals surface area contributed by atoms with Crippen LogP contribution in [0.5, 0.6) is 0 Å². The number of nitrogens with zero attached hydrogens (tertiary/aromatic N) is 5. The summed E-state index contributed by atoms with van der Waals surface area (Å²) in [6.07, 6.45) is 0.467. The lowest BCUT2D eigenvalue weighted by molar-refractivity contribution is -0.137. The van der Waals surface area contributed by atoms with Crippen LogP contribution in [0.25, 0.3) is 5.82 Å². The predicted octanol–water partition coefficient (Wildman–Crippen LogP) is 3.25. The van der Waals surface area contributed by atoms with Gasteiger partial charge in [0.15, 0.2) is 5.82 Å². The van der Waals surface area contributed by atoms with Crippen LogP contribution in [-0.4, -0.2) is 51.8 Å². The highest BCUT2D eigenvalue weighted by Gasteiger charge is 2.35. The van der Waals surface area contributed by atoms with E-state index in [1.165, 1.54) is 18.3 Å². The molecule has 1 aliphatic heterocycles. The molecule has 0 spiro atoms. The van der Waals surface area contributed by atoms with Gasteiger partial charge >= 0.3 is 6.18 Å². The Morgan fingerprint density at radius 2 is 1.72 bits per heavy atom. The molecule has 0 aliphatic carbocycles. The van der Waals surface area contributed by atoms with Gasteiger partial charge in [0.05, 0.1) is 11.1 Å². The van der Waals surface area contributed by atoms with Gasteiger partial charge < -0.3 is 9.80 Å². The van der Waals surface area contributed by atoms with Crippen LogP contribution in [0.3, 0.4) is 0 Å². The third-order valence-electron chi connectivity index (χ3n) is 4.85. The second kappa shape index (κ2) is 7.57. The number of rotatable bonds is 3. The van der Waals surface area contributed by atoms with E-state index in [0.29, 0.717) is 37.6 Å². The summed E-state index contributed by atoms with van der Waals surface area (Å²) in [5.74, 6) is 0.411. The van der Waals surface area contributed by atoms with Crippen LogP contribution < -0.4 is 4.90 Å². The van der Waals surface area contributed by atoms with Crippen molar-refractivity contribution in [2.24, 2.45) is 0 Å². The van der Waals surface area contributed by atoms with Gasteiger partial charge in [-0.1, -0.05) is 12.1 Å². The molecule has 0 N–H and O–H groups in total. The topological polar surface area (TPSA) is 54.3 Å². The van der Waals surface area contributed by atoms with E-state index in [1.807, 2.05) is 0 Å². The maximum absolute atomic E-state index is 13.3. The molecular weight excluding hydrogens is 383 g/mol. The van der Waals surface area contributed by atoms with Crippen LogP contribution in [-0.2, 0) is 6.18 Å². The number of para-hydroxylation sites is 1. The Bertz CT molecular complexity index is 978. The summed E-state index contributed by atoms with van der Waals surface area (Å²) in [6.45, 7) is 1.34. The maximum atomic E-state index is 13.3. The van der Waals surface area contributed by atoms with Crippen LogP contribution in [0, 0.1) is 0 Å². The molecule has 6 nitrogen and oxygen atoms in total. The second-order valence-corrected chi connectivity index (χ2v) is 6.65. The molecule has 3 heterocycles. The quantitative estimate of drug-likeness (QED) is 0.676. The number of hydrogen-bond donors (Lipinski definition) is 0. The number of carbonyl (C=O) groups excluding carboxylic acids is 1. The molecule has 29 heavy (non-hydrogen) atoms. The lowest BCUT2D eigenvalue weighted by Crippen LogP contribution is -2.49. The van der Waals surface area contributed by atoms with E-state index in [1.54, 1.807) is 51.1 Å². The number of halogens is 3. The smallest absolute Gasteiger partial charge is 0.367 e. The molecule has 1 aliphatic rings. The van der Waals surface area contributed by atoms with Gasteiger partial charge in [-0.05, 0) is 30.3 Å². The fourth-order valence-corrected chi connectivity index (χ4v) is 3.37. The maximum Gasteiger partial charge on any atom is 0.418 e. The highest BCUT2D eigenvalue weighted by atomic mass is 19.4. The normalized spacial score (nSPS) is 14.9. The summed E-state index contributed by atoms with van der Waals surface area (Å²) in [7, 11) is 0. The van der Waals surface area contributed by atoms with Crippen LogP contribution in [0.1, 0.15) is 15.9 Å². The van der Waals surface area contributed by atoms with E-state index in [-0.39, 0.29) is 11.6 Å². The largest absolute Gasteiger partial charge is 0.418 e. The number of carbonyl (C=O) groups is 1. The Hall–Kier alpha value is -3.36. The van der Waals surface area contributed by atoms with Gasteiger partial charge in [0.2, 0.25) is 0 Å². The van der Waals surface area contributed by atoms with E-state index < -0.39 is 11.7 Å². The molecule has 0 atom stereocenters. The summed E-state index contributed by atoms with van der Waals surface area (Å²) >= 11 is 0. The monoisotopic (exact) mass is 401 g/mol. The fourth-order valence-electron chi connectivity index (χ4n) is 3.37. The first-order valence-corrected chi connectivity index (χ1v) is 9.10. The Kier molecular flexibility index (Phi) is 4.96. The first-order chi connectivity index (χ1) is 13.9. The summed E-state index contributed by atoms with van der Waals surface area (Å²) in [4.78, 5) is 20.3. The minimum atomic E-state index is -4.41. The molecular formula is C20H18F3N5O. The third-order valence-corrected chi connectivity index (χ3v) is 4.85. The van der Waals surface area contributed by atoms with Gasteiger partial charge in [0.25, 0.3) is 5.91 Å². The summed E-state index contributed by atoms with van der Waals surface area (Å²) < 4.78 is 41.4. The molecule has 1 amide bonds. The molecule has 2 aromatic heterocycles. The molecule has 0 unspecified atom stereocenters. The molecule has 1 fully saturated rings. The van der Waals surface area contributed by atoms with Gasteiger partial charge in [0, 0.05) is 50.5 Å². The van der Waals surface area contributed by atoms with Gasteiger partial charge in [-0.25, -0.2) is 9.67 Å². The number of amides is 1. The van der Waals surface area contributed by atoms with Gasteiger partial charge in [-0.2, -0.15) is 18.3 Å². The summed E-state index contributed by atoms with van der Waals surface area (Å²) in [6, 6.07) is 10.7. The third kappa shape index (κ3) is 3.94. The minimum Gasteiger partial charge on any atom is -0.367 e. The van der Waals surface area contributed by atoms with Crippen molar-refractivity contribution in [1.82, 2.24) is 19.7 Å². The van der Waals surface area contributed by atoms with Gasteiger partial charge in [0.1, 0.15) is 0 Å². The highest BCUT2D eigenvalue weighted by molar-refractivity contribution is 5.94. The SMILES string of the molecule is O=C(c1ccc(-n2cccn2)nc1)N1CCN(c2ccccc2C(F)(F)F)CC1. The van der Waals surface area contributed by atoms with E-state index >= 15 is 0 Å². The number of anilines is 1. The zero-order chi connectivity index (χ0) is 20.4. The Labute approximate surface area is 165 Å². The Morgan fingerprint density at radius 3 is 2.34 bits per heavy atom. The summed E-state index contributed by atoms with van der Waals surface area (Å²) in [5, 5.41) is 4.09. The molecule has 0 bridgehead atoms. The van der Waals surface area contributed by atoms with E-state index in [9.17, 15) is 18.0 Å².